The van der Waals surface area contributed by atoms with E-state index in [1.165, 1.54) is 7.11 Å². The third-order valence-electron chi connectivity index (χ3n) is 5.54. The Morgan fingerprint density at radius 1 is 0.833 bits per heavy atom. The molecule has 0 aromatic heterocycles. The van der Waals surface area contributed by atoms with Gasteiger partial charge in [0.05, 0.1) is 19.6 Å². The number of hydrogen-bond acceptors (Lipinski definition) is 6. The molecule has 3 rings (SSSR count). The molecule has 2 amide bonds. The lowest BCUT2D eigenvalue weighted by Gasteiger charge is -2.27. The highest BCUT2D eigenvalue weighted by Crippen LogP contribution is 2.29. The maximum Gasteiger partial charge on any atom is 0.407 e. The van der Waals surface area contributed by atoms with E-state index in [1.54, 1.807) is 0 Å². The van der Waals surface area contributed by atoms with Crippen molar-refractivity contribution in [3.8, 4) is 0 Å². The van der Waals surface area contributed by atoms with Gasteiger partial charge in [-0.15, -0.1) is 0 Å². The summed E-state index contributed by atoms with van der Waals surface area (Å²) in [7, 11) is 1.26. The van der Waals surface area contributed by atoms with Crippen LogP contribution in [0.2, 0.25) is 0 Å². The second kappa shape index (κ2) is 13.7. The Morgan fingerprint density at radius 2 is 1.36 bits per heavy atom. The van der Waals surface area contributed by atoms with Crippen molar-refractivity contribution < 1.29 is 29.0 Å². The summed E-state index contributed by atoms with van der Waals surface area (Å²) in [4.78, 5) is 37.4. The van der Waals surface area contributed by atoms with E-state index < -0.39 is 36.0 Å². The molecule has 3 N–H and O–H groups in total. The van der Waals surface area contributed by atoms with Crippen LogP contribution in [0.25, 0.3) is 0 Å². The van der Waals surface area contributed by atoms with Gasteiger partial charge in [0.25, 0.3) is 0 Å². The number of aliphatic hydroxyl groups excluding tert-OH is 1. The van der Waals surface area contributed by atoms with Gasteiger partial charge in [0.1, 0.15) is 12.6 Å². The fourth-order valence-corrected chi connectivity index (χ4v) is 3.80. The number of hydrogen-bond donors (Lipinski definition) is 3. The standard InChI is InChI=1S/C28H30N2O6/c1-35-27(33)26(25(21-13-7-3-8-14-21)22-15-9-4-10-16-22)30-24(32)17-23(31)18-29-28(34)36-19-20-11-5-2-6-12-20/h2-16,23,25-26,31H,17-19H2,1H3,(H,29,34)(H,30,32)/t23-,26+/m1/s1. The molecule has 0 unspecified atom stereocenters. The number of nitrogens with one attached hydrogen (secondary N) is 2. The van der Waals surface area contributed by atoms with Crippen LogP contribution in [0.15, 0.2) is 91.0 Å². The second-order valence-electron chi connectivity index (χ2n) is 8.17. The first-order chi connectivity index (χ1) is 17.5. The number of carbonyl (C=O) groups excluding carboxylic acids is 3. The molecule has 188 valence electrons. The van der Waals surface area contributed by atoms with E-state index in [4.69, 9.17) is 9.47 Å². The van der Waals surface area contributed by atoms with Gasteiger partial charge in [-0.1, -0.05) is 91.0 Å². The molecule has 0 saturated carbocycles. The van der Waals surface area contributed by atoms with Crippen molar-refractivity contribution in [3.05, 3.63) is 108 Å². The summed E-state index contributed by atoms with van der Waals surface area (Å²) >= 11 is 0. The van der Waals surface area contributed by atoms with Gasteiger partial charge in [-0.3, -0.25) is 4.79 Å². The molecule has 0 heterocycles. The van der Waals surface area contributed by atoms with E-state index in [0.717, 1.165) is 16.7 Å². The highest BCUT2D eigenvalue weighted by molar-refractivity contribution is 5.86. The fraction of sp³-hybridized carbons (Fsp3) is 0.250. The number of carbonyl (C=O) groups is 3. The lowest BCUT2D eigenvalue weighted by Crippen LogP contribution is -2.47. The average Bonchev–Trinajstić information content (AvgIpc) is 2.91. The zero-order chi connectivity index (χ0) is 25.8. The Labute approximate surface area is 210 Å². The number of methoxy groups -OCH3 is 1. The predicted octanol–water partition coefficient (Wildman–Crippen LogP) is 3.15. The molecule has 0 aliphatic carbocycles. The molecule has 0 spiro atoms. The van der Waals surface area contributed by atoms with Crippen molar-refractivity contribution in [1.82, 2.24) is 10.6 Å². The minimum absolute atomic E-state index is 0.0877. The Bertz CT molecular complexity index is 1070. The van der Waals surface area contributed by atoms with Crippen LogP contribution in [0.1, 0.15) is 29.0 Å². The summed E-state index contributed by atoms with van der Waals surface area (Å²) in [5, 5.41) is 15.4. The van der Waals surface area contributed by atoms with Gasteiger partial charge in [0, 0.05) is 12.5 Å². The van der Waals surface area contributed by atoms with Gasteiger partial charge in [-0.05, 0) is 16.7 Å². The minimum atomic E-state index is -1.18. The van der Waals surface area contributed by atoms with Crippen LogP contribution >= 0.6 is 0 Å². The molecule has 8 heteroatoms. The quantitative estimate of drug-likeness (QED) is 0.356. The summed E-state index contributed by atoms with van der Waals surface area (Å²) < 4.78 is 10.1. The first kappa shape index (κ1) is 26.4. The van der Waals surface area contributed by atoms with Crippen molar-refractivity contribution in [3.63, 3.8) is 0 Å². The zero-order valence-electron chi connectivity index (χ0n) is 20.0. The second-order valence-corrected chi connectivity index (χ2v) is 8.17. The van der Waals surface area contributed by atoms with E-state index in [1.807, 2.05) is 91.0 Å². The topological polar surface area (TPSA) is 114 Å². The Morgan fingerprint density at radius 3 is 1.89 bits per heavy atom. The van der Waals surface area contributed by atoms with E-state index in [2.05, 4.69) is 10.6 Å². The molecule has 8 nitrogen and oxygen atoms in total. The number of benzene rings is 3. The number of esters is 1. The maximum absolute atomic E-state index is 12.8. The summed E-state index contributed by atoms with van der Waals surface area (Å²) in [6.45, 7) is -0.102. The largest absolute Gasteiger partial charge is 0.467 e. The number of alkyl carbamates (subject to hydrolysis) is 1. The summed E-state index contributed by atoms with van der Waals surface area (Å²) in [6.07, 6.45) is -2.22. The van der Waals surface area contributed by atoms with Crippen LogP contribution < -0.4 is 10.6 Å². The van der Waals surface area contributed by atoms with Gasteiger partial charge in [0.2, 0.25) is 5.91 Å². The average molecular weight is 491 g/mol. The zero-order valence-corrected chi connectivity index (χ0v) is 20.0. The normalized spacial score (nSPS) is 12.3. The number of rotatable bonds is 11. The number of amides is 2. The number of ether oxygens (including phenoxy) is 2. The molecule has 0 aliphatic heterocycles. The summed E-state index contributed by atoms with van der Waals surface area (Å²) in [6, 6.07) is 26.8. The van der Waals surface area contributed by atoms with Gasteiger partial charge in [-0.25, -0.2) is 9.59 Å². The molecule has 3 aromatic rings. The lowest BCUT2D eigenvalue weighted by atomic mass is 9.85. The molecular weight excluding hydrogens is 460 g/mol. The maximum atomic E-state index is 12.8. The van der Waals surface area contributed by atoms with E-state index in [0.29, 0.717) is 0 Å². The van der Waals surface area contributed by atoms with E-state index in [9.17, 15) is 19.5 Å². The molecular formula is C28H30N2O6. The third-order valence-corrected chi connectivity index (χ3v) is 5.54. The van der Waals surface area contributed by atoms with Crippen LogP contribution in [0.4, 0.5) is 4.79 Å². The molecule has 36 heavy (non-hydrogen) atoms. The van der Waals surface area contributed by atoms with Gasteiger partial charge >= 0.3 is 12.1 Å². The highest BCUT2D eigenvalue weighted by atomic mass is 16.5. The van der Waals surface area contributed by atoms with Gasteiger partial charge in [0.15, 0.2) is 0 Å². The van der Waals surface area contributed by atoms with Gasteiger partial charge in [-0.2, -0.15) is 0 Å². The van der Waals surface area contributed by atoms with Crippen molar-refractivity contribution in [2.75, 3.05) is 13.7 Å². The molecule has 3 aromatic carbocycles. The van der Waals surface area contributed by atoms with Crippen molar-refractivity contribution >= 4 is 18.0 Å². The smallest absolute Gasteiger partial charge is 0.407 e. The Balaban J connectivity index is 1.60. The monoisotopic (exact) mass is 490 g/mol. The molecule has 0 fully saturated rings. The molecule has 0 saturated heterocycles. The predicted molar refractivity (Wildman–Crippen MR) is 134 cm³/mol. The van der Waals surface area contributed by atoms with Crippen LogP contribution in [0.5, 0.6) is 0 Å². The van der Waals surface area contributed by atoms with Crippen LogP contribution in [0, 0.1) is 0 Å². The van der Waals surface area contributed by atoms with E-state index >= 15 is 0 Å². The van der Waals surface area contributed by atoms with Crippen molar-refractivity contribution in [1.29, 1.82) is 0 Å². The first-order valence-corrected chi connectivity index (χ1v) is 11.6. The Kier molecular flexibility index (Phi) is 10.0. The van der Waals surface area contributed by atoms with Crippen molar-refractivity contribution in [2.45, 2.75) is 31.1 Å². The fourth-order valence-electron chi connectivity index (χ4n) is 3.80. The Hall–Kier alpha value is -4.17. The van der Waals surface area contributed by atoms with Crippen molar-refractivity contribution in [2.24, 2.45) is 0 Å². The van der Waals surface area contributed by atoms with Crippen LogP contribution in [0.3, 0.4) is 0 Å². The molecule has 0 bridgehead atoms. The number of aliphatic hydroxyl groups is 1. The molecule has 2 atom stereocenters. The third kappa shape index (κ3) is 7.95. The van der Waals surface area contributed by atoms with Gasteiger partial charge < -0.3 is 25.2 Å². The summed E-state index contributed by atoms with van der Waals surface area (Å²) in [5.41, 5.74) is 2.47. The highest BCUT2D eigenvalue weighted by Gasteiger charge is 2.33. The molecule has 0 radical (unpaired) electrons. The first-order valence-electron chi connectivity index (χ1n) is 11.6. The summed E-state index contributed by atoms with van der Waals surface area (Å²) in [5.74, 6) is -1.68. The van der Waals surface area contributed by atoms with E-state index in [-0.39, 0.29) is 19.6 Å². The SMILES string of the molecule is COC(=O)[C@@H](NC(=O)C[C@@H](O)CNC(=O)OCc1ccccc1)C(c1ccccc1)c1ccccc1. The van der Waals surface area contributed by atoms with Crippen LogP contribution in [-0.2, 0) is 25.7 Å². The van der Waals surface area contributed by atoms with Crippen LogP contribution in [-0.4, -0.2) is 48.9 Å². The minimum Gasteiger partial charge on any atom is -0.467 e. The lowest BCUT2D eigenvalue weighted by molar-refractivity contribution is -0.145. The molecule has 0 aliphatic rings.